The van der Waals surface area contributed by atoms with Gasteiger partial charge in [-0.15, -0.1) is 0 Å². The molecule has 120 valence electrons. The zero-order chi connectivity index (χ0) is 15.0. The van der Waals surface area contributed by atoms with E-state index in [0.717, 1.165) is 31.8 Å². The summed E-state index contributed by atoms with van der Waals surface area (Å²) < 4.78 is 0. The number of nitrogens with zero attached hydrogens (tertiary/aromatic N) is 1. The van der Waals surface area contributed by atoms with E-state index in [1.165, 1.54) is 32.2 Å². The van der Waals surface area contributed by atoms with Gasteiger partial charge in [0.05, 0.1) is 0 Å². The molecule has 1 fully saturated rings. The summed E-state index contributed by atoms with van der Waals surface area (Å²) in [5, 5.41) is 12.6. The first kappa shape index (κ1) is 17.9. The Hall–Kier alpha value is -0.120. The van der Waals surface area contributed by atoms with Gasteiger partial charge in [-0.05, 0) is 70.0 Å². The first-order valence-electron chi connectivity index (χ1n) is 8.54. The van der Waals surface area contributed by atoms with Crippen LogP contribution in [0.5, 0.6) is 0 Å². The maximum Gasteiger partial charge on any atom is 0.0431 e. The lowest BCUT2D eigenvalue weighted by atomic mass is 9.84. The van der Waals surface area contributed by atoms with E-state index in [4.69, 9.17) is 5.11 Å². The average molecular weight is 284 g/mol. The maximum absolute atomic E-state index is 8.81. The Bertz CT molecular complexity index is 255. The summed E-state index contributed by atoms with van der Waals surface area (Å²) >= 11 is 0. The molecule has 1 saturated carbocycles. The van der Waals surface area contributed by atoms with E-state index in [-0.39, 0.29) is 0 Å². The van der Waals surface area contributed by atoms with E-state index in [2.05, 4.69) is 38.0 Å². The highest BCUT2D eigenvalue weighted by Crippen LogP contribution is 2.41. The van der Waals surface area contributed by atoms with Crippen LogP contribution in [-0.2, 0) is 0 Å². The lowest BCUT2D eigenvalue weighted by Crippen LogP contribution is -2.45. The molecule has 0 spiro atoms. The molecule has 0 saturated heterocycles. The number of hydrogen-bond acceptors (Lipinski definition) is 3. The SMILES string of the molecule is CCCNC1C(CN(C)CCCCCO)CCC1(C)C. The van der Waals surface area contributed by atoms with Crippen LogP contribution in [0.25, 0.3) is 0 Å². The molecular formula is C17H36N2O. The Morgan fingerprint density at radius 2 is 2.00 bits per heavy atom. The van der Waals surface area contributed by atoms with Crippen molar-refractivity contribution in [2.45, 2.75) is 65.3 Å². The Kier molecular flexibility index (Phi) is 8.08. The Morgan fingerprint density at radius 1 is 1.25 bits per heavy atom. The topological polar surface area (TPSA) is 35.5 Å². The number of aliphatic hydroxyl groups excluding tert-OH is 1. The van der Waals surface area contributed by atoms with Crippen molar-refractivity contribution >= 4 is 0 Å². The molecule has 0 aromatic rings. The van der Waals surface area contributed by atoms with E-state index in [9.17, 15) is 0 Å². The summed E-state index contributed by atoms with van der Waals surface area (Å²) in [5.74, 6) is 0.791. The molecule has 0 aromatic carbocycles. The quantitative estimate of drug-likeness (QED) is 0.606. The largest absolute Gasteiger partial charge is 0.396 e. The first-order valence-corrected chi connectivity index (χ1v) is 8.54. The first-order chi connectivity index (χ1) is 9.51. The molecule has 3 nitrogen and oxygen atoms in total. The van der Waals surface area contributed by atoms with Crippen molar-refractivity contribution in [3.63, 3.8) is 0 Å². The van der Waals surface area contributed by atoms with Crippen molar-refractivity contribution in [1.29, 1.82) is 0 Å². The molecule has 0 amide bonds. The third kappa shape index (κ3) is 5.71. The molecule has 1 rings (SSSR count). The molecule has 20 heavy (non-hydrogen) atoms. The predicted octanol–water partition coefficient (Wildman–Crippen LogP) is 2.89. The van der Waals surface area contributed by atoms with E-state index >= 15 is 0 Å². The van der Waals surface area contributed by atoms with E-state index in [1.54, 1.807) is 0 Å². The number of aliphatic hydroxyl groups is 1. The Morgan fingerprint density at radius 3 is 2.65 bits per heavy atom. The highest BCUT2D eigenvalue weighted by molar-refractivity contribution is 4.96. The van der Waals surface area contributed by atoms with Crippen molar-refractivity contribution in [2.75, 3.05) is 33.3 Å². The summed E-state index contributed by atoms with van der Waals surface area (Å²) in [6.07, 6.45) is 7.22. The van der Waals surface area contributed by atoms with Gasteiger partial charge in [0.2, 0.25) is 0 Å². The van der Waals surface area contributed by atoms with E-state index in [1.807, 2.05) is 0 Å². The summed E-state index contributed by atoms with van der Waals surface area (Å²) in [6.45, 7) is 10.9. The van der Waals surface area contributed by atoms with Gasteiger partial charge in [-0.2, -0.15) is 0 Å². The van der Waals surface area contributed by atoms with Crippen molar-refractivity contribution in [3.05, 3.63) is 0 Å². The van der Waals surface area contributed by atoms with E-state index < -0.39 is 0 Å². The fourth-order valence-corrected chi connectivity index (χ4v) is 3.62. The van der Waals surface area contributed by atoms with Crippen LogP contribution in [0, 0.1) is 11.3 Å². The molecule has 1 aliphatic carbocycles. The highest BCUT2D eigenvalue weighted by atomic mass is 16.2. The van der Waals surface area contributed by atoms with Gasteiger partial charge in [0.25, 0.3) is 0 Å². The van der Waals surface area contributed by atoms with Crippen LogP contribution in [0.4, 0.5) is 0 Å². The van der Waals surface area contributed by atoms with E-state index in [0.29, 0.717) is 18.1 Å². The number of unbranched alkanes of at least 4 members (excludes halogenated alkanes) is 2. The Labute approximate surface area is 126 Å². The van der Waals surface area contributed by atoms with Gasteiger partial charge < -0.3 is 15.3 Å². The molecule has 1 aliphatic rings. The summed E-state index contributed by atoms with van der Waals surface area (Å²) in [4.78, 5) is 2.49. The molecule has 0 aromatic heterocycles. The van der Waals surface area contributed by atoms with Gasteiger partial charge >= 0.3 is 0 Å². The van der Waals surface area contributed by atoms with Crippen LogP contribution < -0.4 is 5.32 Å². The van der Waals surface area contributed by atoms with Gasteiger partial charge in [0.15, 0.2) is 0 Å². The third-order valence-electron chi connectivity index (χ3n) is 4.83. The second-order valence-corrected chi connectivity index (χ2v) is 7.27. The van der Waals surface area contributed by atoms with Gasteiger partial charge in [0, 0.05) is 19.2 Å². The van der Waals surface area contributed by atoms with Gasteiger partial charge in [-0.1, -0.05) is 20.8 Å². The summed E-state index contributed by atoms with van der Waals surface area (Å²) in [7, 11) is 2.25. The lowest BCUT2D eigenvalue weighted by Gasteiger charge is -2.33. The number of rotatable bonds is 10. The summed E-state index contributed by atoms with van der Waals surface area (Å²) in [5.41, 5.74) is 0.442. The standard InChI is InChI=1S/C17H36N2O/c1-5-11-18-16-15(9-10-17(16,2)3)14-19(4)12-7-6-8-13-20/h15-16,18,20H,5-14H2,1-4H3. The highest BCUT2D eigenvalue weighted by Gasteiger charge is 2.41. The van der Waals surface area contributed by atoms with Crippen LogP contribution in [0.1, 0.15) is 59.3 Å². The minimum atomic E-state index is 0.337. The second-order valence-electron chi connectivity index (χ2n) is 7.27. The number of hydrogen-bond donors (Lipinski definition) is 2. The molecule has 3 heteroatoms. The monoisotopic (exact) mass is 284 g/mol. The molecule has 0 radical (unpaired) electrons. The van der Waals surface area contributed by atoms with Crippen molar-refractivity contribution in [1.82, 2.24) is 10.2 Å². The van der Waals surface area contributed by atoms with Crippen LogP contribution in [-0.4, -0.2) is 49.3 Å². The molecule has 0 heterocycles. The smallest absolute Gasteiger partial charge is 0.0431 e. The van der Waals surface area contributed by atoms with Gasteiger partial charge in [-0.25, -0.2) is 0 Å². The molecule has 0 bridgehead atoms. The third-order valence-corrected chi connectivity index (χ3v) is 4.83. The van der Waals surface area contributed by atoms with Crippen LogP contribution in [0.15, 0.2) is 0 Å². The molecule has 2 atom stereocenters. The second kappa shape index (κ2) is 9.01. The number of nitrogens with one attached hydrogen (secondary N) is 1. The maximum atomic E-state index is 8.81. The fourth-order valence-electron chi connectivity index (χ4n) is 3.62. The Balaban J connectivity index is 2.36. The minimum absolute atomic E-state index is 0.337. The fraction of sp³-hybridized carbons (Fsp3) is 1.00. The minimum Gasteiger partial charge on any atom is -0.396 e. The molecular weight excluding hydrogens is 248 g/mol. The zero-order valence-electron chi connectivity index (χ0n) is 14.1. The lowest BCUT2D eigenvalue weighted by molar-refractivity contribution is 0.200. The molecule has 2 N–H and O–H groups in total. The zero-order valence-corrected chi connectivity index (χ0v) is 14.1. The molecule has 2 unspecified atom stereocenters. The molecule has 0 aliphatic heterocycles. The van der Waals surface area contributed by atoms with Crippen LogP contribution in [0.2, 0.25) is 0 Å². The van der Waals surface area contributed by atoms with Crippen molar-refractivity contribution in [3.8, 4) is 0 Å². The predicted molar refractivity (Wildman–Crippen MR) is 87.0 cm³/mol. The average Bonchev–Trinajstić information content (AvgIpc) is 2.67. The van der Waals surface area contributed by atoms with Crippen molar-refractivity contribution < 1.29 is 5.11 Å². The van der Waals surface area contributed by atoms with Crippen LogP contribution >= 0.6 is 0 Å². The van der Waals surface area contributed by atoms with Crippen molar-refractivity contribution in [2.24, 2.45) is 11.3 Å². The van der Waals surface area contributed by atoms with Gasteiger partial charge in [-0.3, -0.25) is 0 Å². The summed E-state index contributed by atoms with van der Waals surface area (Å²) in [6, 6.07) is 0.669. The normalized spacial score (nSPS) is 25.5. The van der Waals surface area contributed by atoms with Crippen LogP contribution in [0.3, 0.4) is 0 Å². The van der Waals surface area contributed by atoms with Gasteiger partial charge in [0.1, 0.15) is 0 Å².